The first-order valence-electron chi connectivity index (χ1n) is 6.88. The Morgan fingerprint density at radius 2 is 2.10 bits per heavy atom. The predicted octanol–water partition coefficient (Wildman–Crippen LogP) is 2.13. The van der Waals surface area contributed by atoms with E-state index in [1.165, 1.54) is 16.4 Å². The number of aliphatic hydroxyl groups excluding tert-OH is 1. The van der Waals surface area contributed by atoms with E-state index in [0.29, 0.717) is 31.0 Å². The van der Waals surface area contributed by atoms with E-state index >= 15 is 0 Å². The first-order chi connectivity index (χ1) is 9.48. The molecule has 0 bridgehead atoms. The van der Waals surface area contributed by atoms with E-state index in [-0.39, 0.29) is 11.5 Å². The van der Waals surface area contributed by atoms with Gasteiger partial charge in [0.1, 0.15) is 10.7 Å². The fourth-order valence-corrected chi connectivity index (χ4v) is 3.79. The summed E-state index contributed by atoms with van der Waals surface area (Å²) in [7, 11) is -3.80. The van der Waals surface area contributed by atoms with Gasteiger partial charge in [-0.2, -0.15) is 4.31 Å². The largest absolute Gasteiger partial charge is 0.392 e. The summed E-state index contributed by atoms with van der Waals surface area (Å²) in [5, 5.41) is 8.95. The minimum absolute atomic E-state index is 0.302. The molecule has 20 heavy (non-hydrogen) atoms. The van der Waals surface area contributed by atoms with Gasteiger partial charge in [0, 0.05) is 13.1 Å². The molecule has 0 atom stereocenters. The van der Waals surface area contributed by atoms with Gasteiger partial charge >= 0.3 is 0 Å². The van der Waals surface area contributed by atoms with E-state index in [2.05, 4.69) is 0 Å². The van der Waals surface area contributed by atoms with Crippen molar-refractivity contribution in [2.45, 2.75) is 37.7 Å². The molecule has 0 saturated heterocycles. The molecule has 1 aliphatic carbocycles. The summed E-state index contributed by atoms with van der Waals surface area (Å²) < 4.78 is 40.4. The highest BCUT2D eigenvalue weighted by molar-refractivity contribution is 7.89. The number of sulfonamides is 1. The van der Waals surface area contributed by atoms with E-state index in [4.69, 9.17) is 5.11 Å². The first-order valence-corrected chi connectivity index (χ1v) is 8.32. The quantitative estimate of drug-likeness (QED) is 0.839. The topological polar surface area (TPSA) is 57.6 Å². The number of rotatable bonds is 7. The van der Waals surface area contributed by atoms with Gasteiger partial charge in [0.2, 0.25) is 10.0 Å². The van der Waals surface area contributed by atoms with Gasteiger partial charge in [0.25, 0.3) is 0 Å². The van der Waals surface area contributed by atoms with Crippen LogP contribution in [0.2, 0.25) is 0 Å². The fourth-order valence-electron chi connectivity index (χ4n) is 2.14. The zero-order valence-electron chi connectivity index (χ0n) is 11.5. The second-order valence-corrected chi connectivity index (χ2v) is 7.14. The summed E-state index contributed by atoms with van der Waals surface area (Å²) >= 11 is 0. The number of nitrogens with zero attached hydrogens (tertiary/aromatic N) is 1. The molecular weight excluding hydrogens is 281 g/mol. The molecule has 2 rings (SSSR count). The zero-order chi connectivity index (χ0) is 14.8. The van der Waals surface area contributed by atoms with Crippen molar-refractivity contribution in [3.8, 4) is 0 Å². The van der Waals surface area contributed by atoms with Crippen molar-refractivity contribution >= 4 is 10.0 Å². The van der Waals surface area contributed by atoms with Crippen LogP contribution >= 0.6 is 0 Å². The second kappa shape index (κ2) is 6.20. The zero-order valence-corrected chi connectivity index (χ0v) is 12.4. The monoisotopic (exact) mass is 301 g/mol. The van der Waals surface area contributed by atoms with Crippen molar-refractivity contribution in [1.82, 2.24) is 4.31 Å². The van der Waals surface area contributed by atoms with Crippen LogP contribution in [0.3, 0.4) is 0 Å². The number of aliphatic hydroxyl groups is 1. The van der Waals surface area contributed by atoms with Crippen molar-refractivity contribution in [2.24, 2.45) is 5.92 Å². The Bertz CT molecular complexity index is 570. The minimum Gasteiger partial charge on any atom is -0.392 e. The second-order valence-electron chi connectivity index (χ2n) is 5.23. The molecule has 0 spiro atoms. The molecule has 0 radical (unpaired) electrons. The molecule has 1 N–H and O–H groups in total. The summed E-state index contributed by atoms with van der Waals surface area (Å²) in [5.41, 5.74) is 0.366. The Morgan fingerprint density at radius 3 is 2.60 bits per heavy atom. The van der Waals surface area contributed by atoms with Gasteiger partial charge < -0.3 is 5.11 Å². The lowest BCUT2D eigenvalue weighted by molar-refractivity contribution is 0.281. The van der Waals surface area contributed by atoms with E-state index in [1.807, 2.05) is 6.92 Å². The summed E-state index contributed by atoms with van der Waals surface area (Å²) in [5.74, 6) is -0.385. The summed E-state index contributed by atoms with van der Waals surface area (Å²) in [6.07, 6.45) is 2.78. The Morgan fingerprint density at radius 1 is 1.40 bits per heavy atom. The normalized spacial score (nSPS) is 15.8. The van der Waals surface area contributed by atoms with Gasteiger partial charge in [-0.05, 0) is 42.9 Å². The first kappa shape index (κ1) is 15.4. The van der Waals surface area contributed by atoms with Gasteiger partial charge in [0.05, 0.1) is 6.61 Å². The van der Waals surface area contributed by atoms with Crippen molar-refractivity contribution in [3.63, 3.8) is 0 Å². The average molecular weight is 301 g/mol. The molecule has 1 fully saturated rings. The van der Waals surface area contributed by atoms with Crippen molar-refractivity contribution in [1.29, 1.82) is 0 Å². The van der Waals surface area contributed by atoms with Gasteiger partial charge in [-0.1, -0.05) is 13.0 Å². The molecule has 0 unspecified atom stereocenters. The van der Waals surface area contributed by atoms with E-state index in [0.717, 1.165) is 18.9 Å². The molecule has 6 heteroatoms. The third kappa shape index (κ3) is 3.37. The minimum atomic E-state index is -3.80. The van der Waals surface area contributed by atoms with E-state index in [9.17, 15) is 12.8 Å². The molecule has 1 aromatic rings. The maximum absolute atomic E-state index is 14.0. The van der Waals surface area contributed by atoms with E-state index in [1.54, 1.807) is 0 Å². The molecular formula is C14H20FNO3S. The molecule has 0 heterocycles. The number of benzene rings is 1. The van der Waals surface area contributed by atoms with Crippen LogP contribution in [0.1, 0.15) is 31.7 Å². The Kier molecular flexibility index (Phi) is 4.78. The van der Waals surface area contributed by atoms with Crippen LogP contribution in [0.25, 0.3) is 0 Å². The maximum atomic E-state index is 14.0. The molecule has 0 amide bonds. The number of hydrogen-bond acceptors (Lipinski definition) is 3. The van der Waals surface area contributed by atoms with Crippen LogP contribution < -0.4 is 0 Å². The lowest BCUT2D eigenvalue weighted by Crippen LogP contribution is -2.34. The Labute approximate surface area is 119 Å². The molecule has 1 aliphatic rings. The molecule has 1 aromatic carbocycles. The molecule has 4 nitrogen and oxygen atoms in total. The van der Waals surface area contributed by atoms with Crippen molar-refractivity contribution in [3.05, 3.63) is 29.6 Å². The highest BCUT2D eigenvalue weighted by Crippen LogP contribution is 2.32. The highest BCUT2D eigenvalue weighted by atomic mass is 32.2. The van der Waals surface area contributed by atoms with Gasteiger partial charge in [-0.15, -0.1) is 0 Å². The van der Waals surface area contributed by atoms with Crippen molar-refractivity contribution in [2.75, 3.05) is 13.1 Å². The van der Waals surface area contributed by atoms with Gasteiger partial charge in [0.15, 0.2) is 0 Å². The van der Waals surface area contributed by atoms with Crippen LogP contribution in [0.15, 0.2) is 23.1 Å². The fraction of sp³-hybridized carbons (Fsp3) is 0.571. The standard InChI is InChI=1S/C14H20FNO3S/c1-2-7-16(9-11-3-4-11)20(18,19)14-6-5-12(10-17)8-13(14)15/h5-6,8,11,17H,2-4,7,9-10H2,1H3. The van der Waals surface area contributed by atoms with Crippen molar-refractivity contribution < 1.29 is 17.9 Å². The summed E-state index contributed by atoms with van der Waals surface area (Å²) in [6, 6.07) is 3.76. The highest BCUT2D eigenvalue weighted by Gasteiger charge is 2.32. The predicted molar refractivity (Wildman–Crippen MR) is 74.1 cm³/mol. The average Bonchev–Trinajstić information content (AvgIpc) is 3.21. The number of hydrogen-bond donors (Lipinski definition) is 1. The lowest BCUT2D eigenvalue weighted by atomic mass is 10.2. The summed E-state index contributed by atoms with van der Waals surface area (Å²) in [4.78, 5) is -0.302. The lowest BCUT2D eigenvalue weighted by Gasteiger charge is -2.22. The Balaban J connectivity index is 2.30. The van der Waals surface area contributed by atoms with Gasteiger partial charge in [-0.3, -0.25) is 0 Å². The molecule has 0 aromatic heterocycles. The molecule has 112 valence electrons. The van der Waals surface area contributed by atoms with Crippen LogP contribution in [0.4, 0.5) is 4.39 Å². The molecule has 0 aliphatic heterocycles. The van der Waals surface area contributed by atoms with Gasteiger partial charge in [-0.25, -0.2) is 12.8 Å². The van der Waals surface area contributed by atoms with Crippen LogP contribution in [-0.2, 0) is 16.6 Å². The third-order valence-electron chi connectivity index (χ3n) is 3.43. The maximum Gasteiger partial charge on any atom is 0.245 e. The molecule has 1 saturated carbocycles. The SMILES string of the molecule is CCCN(CC1CC1)S(=O)(=O)c1ccc(CO)cc1F. The number of halogens is 1. The van der Waals surface area contributed by atoms with Crippen LogP contribution in [0.5, 0.6) is 0 Å². The third-order valence-corrected chi connectivity index (χ3v) is 5.33. The summed E-state index contributed by atoms with van der Waals surface area (Å²) in [6.45, 7) is 2.47. The Hall–Kier alpha value is -0.980. The van der Waals surface area contributed by atoms with Crippen LogP contribution in [0, 0.1) is 11.7 Å². The van der Waals surface area contributed by atoms with Crippen LogP contribution in [-0.4, -0.2) is 30.9 Å². The smallest absolute Gasteiger partial charge is 0.245 e. The van der Waals surface area contributed by atoms with E-state index < -0.39 is 15.8 Å².